The Hall–Kier alpha value is -2.89. The fraction of sp³-hybridized carbons (Fsp3) is 0.316. The van der Waals surface area contributed by atoms with Crippen molar-refractivity contribution >= 4 is 5.91 Å². The molecule has 0 radical (unpaired) electrons. The van der Waals surface area contributed by atoms with E-state index in [9.17, 15) is 4.79 Å². The van der Waals surface area contributed by atoms with Crippen molar-refractivity contribution in [2.75, 3.05) is 6.54 Å². The van der Waals surface area contributed by atoms with Crippen LogP contribution in [0.15, 0.2) is 48.7 Å². The largest absolute Gasteiger partial charge is 0.343 e. The van der Waals surface area contributed by atoms with Crippen molar-refractivity contribution in [1.29, 1.82) is 0 Å². The highest BCUT2D eigenvalue weighted by molar-refractivity contribution is 5.92. The fourth-order valence-corrected chi connectivity index (χ4v) is 3.34. The molecule has 4 rings (SSSR count). The third-order valence-electron chi connectivity index (χ3n) is 4.76. The highest BCUT2D eigenvalue weighted by atomic mass is 16.2. The molecule has 0 saturated heterocycles. The number of hydrogen-bond acceptors (Lipinski definition) is 3. The molecule has 25 heavy (non-hydrogen) atoms. The second-order valence-electron chi connectivity index (χ2n) is 6.36. The van der Waals surface area contributed by atoms with Crippen LogP contribution in [0.4, 0.5) is 0 Å². The van der Waals surface area contributed by atoms with Gasteiger partial charge in [-0.1, -0.05) is 30.3 Å². The fourth-order valence-electron chi connectivity index (χ4n) is 3.34. The molecule has 0 unspecified atom stereocenters. The van der Waals surface area contributed by atoms with Crippen LogP contribution in [-0.2, 0) is 26.1 Å². The van der Waals surface area contributed by atoms with Gasteiger partial charge in [-0.25, -0.2) is 0 Å². The molecule has 3 aromatic rings. The van der Waals surface area contributed by atoms with Gasteiger partial charge in [0.15, 0.2) is 5.82 Å². The molecule has 1 aromatic carbocycles. The molecule has 0 saturated carbocycles. The number of fused-ring (bicyclic) bond motifs is 1. The van der Waals surface area contributed by atoms with Gasteiger partial charge in [0.25, 0.3) is 5.91 Å². The molecule has 0 aliphatic carbocycles. The summed E-state index contributed by atoms with van der Waals surface area (Å²) in [5, 5.41) is 8.29. The quantitative estimate of drug-likeness (QED) is 0.735. The predicted molar refractivity (Wildman–Crippen MR) is 94.1 cm³/mol. The number of aromatic nitrogens is 4. The smallest absolute Gasteiger partial charge is 0.270 e. The zero-order valence-electron chi connectivity index (χ0n) is 14.3. The number of nitrogens with zero attached hydrogens (tertiary/aromatic N) is 5. The molecule has 3 heterocycles. The van der Waals surface area contributed by atoms with Crippen LogP contribution in [0.5, 0.6) is 0 Å². The van der Waals surface area contributed by atoms with Gasteiger partial charge in [-0.15, -0.1) is 10.2 Å². The number of amides is 1. The van der Waals surface area contributed by atoms with E-state index in [4.69, 9.17) is 0 Å². The van der Waals surface area contributed by atoms with E-state index >= 15 is 0 Å². The summed E-state index contributed by atoms with van der Waals surface area (Å²) >= 11 is 0. The monoisotopic (exact) mass is 335 g/mol. The van der Waals surface area contributed by atoms with Gasteiger partial charge >= 0.3 is 0 Å². The van der Waals surface area contributed by atoms with E-state index in [0.29, 0.717) is 13.1 Å². The maximum absolute atomic E-state index is 13.0. The van der Waals surface area contributed by atoms with Crippen LogP contribution in [0.2, 0.25) is 0 Å². The zero-order valence-corrected chi connectivity index (χ0v) is 14.3. The number of carbonyl (C=O) groups is 1. The van der Waals surface area contributed by atoms with E-state index in [-0.39, 0.29) is 5.91 Å². The molecule has 128 valence electrons. The van der Waals surface area contributed by atoms with Gasteiger partial charge in [-0.05, 0) is 31.0 Å². The highest BCUT2D eigenvalue weighted by Crippen LogP contribution is 2.16. The maximum atomic E-state index is 13.0. The summed E-state index contributed by atoms with van der Waals surface area (Å²) in [6.07, 6.45) is 2.89. The first-order valence-electron chi connectivity index (χ1n) is 8.59. The van der Waals surface area contributed by atoms with Gasteiger partial charge in [0.05, 0.1) is 6.54 Å². The summed E-state index contributed by atoms with van der Waals surface area (Å²) in [6, 6.07) is 14.2. The first kappa shape index (κ1) is 15.6. The van der Waals surface area contributed by atoms with Crippen molar-refractivity contribution in [3.05, 3.63) is 71.6 Å². The Morgan fingerprint density at radius 2 is 1.92 bits per heavy atom. The first-order chi connectivity index (χ1) is 12.2. The molecule has 2 aromatic heterocycles. The average Bonchev–Trinajstić information content (AvgIpc) is 3.27. The van der Waals surface area contributed by atoms with Crippen molar-refractivity contribution in [3.8, 4) is 0 Å². The Balaban J connectivity index is 1.47. The Kier molecular flexibility index (Phi) is 4.09. The molecule has 0 bridgehead atoms. The molecule has 6 nitrogen and oxygen atoms in total. The van der Waals surface area contributed by atoms with Crippen molar-refractivity contribution in [3.63, 3.8) is 0 Å². The second kappa shape index (κ2) is 6.55. The van der Waals surface area contributed by atoms with Crippen LogP contribution in [0.3, 0.4) is 0 Å². The van der Waals surface area contributed by atoms with Gasteiger partial charge in [-0.2, -0.15) is 0 Å². The van der Waals surface area contributed by atoms with Crippen LogP contribution in [0.25, 0.3) is 0 Å². The Morgan fingerprint density at radius 1 is 1.08 bits per heavy atom. The Morgan fingerprint density at radius 3 is 2.76 bits per heavy atom. The first-order valence-corrected chi connectivity index (χ1v) is 8.59. The minimum Gasteiger partial charge on any atom is -0.343 e. The van der Waals surface area contributed by atoms with Gasteiger partial charge in [0.1, 0.15) is 11.5 Å². The van der Waals surface area contributed by atoms with E-state index in [1.807, 2.05) is 52.9 Å². The lowest BCUT2D eigenvalue weighted by Gasteiger charge is -2.28. The van der Waals surface area contributed by atoms with Crippen LogP contribution in [-0.4, -0.2) is 36.7 Å². The van der Waals surface area contributed by atoms with Crippen molar-refractivity contribution < 1.29 is 4.79 Å². The highest BCUT2D eigenvalue weighted by Gasteiger charge is 2.25. The summed E-state index contributed by atoms with van der Waals surface area (Å²) in [4.78, 5) is 14.8. The number of carbonyl (C=O) groups excluding carboxylic acids is 1. The predicted octanol–water partition coefficient (Wildman–Crippen LogP) is 2.29. The van der Waals surface area contributed by atoms with Crippen LogP contribution < -0.4 is 0 Å². The Labute approximate surface area is 146 Å². The molecule has 0 atom stereocenters. The molecule has 1 aliphatic heterocycles. The van der Waals surface area contributed by atoms with Gasteiger partial charge in [0, 0.05) is 25.8 Å². The van der Waals surface area contributed by atoms with Crippen LogP contribution in [0, 0.1) is 6.92 Å². The lowest BCUT2D eigenvalue weighted by molar-refractivity contribution is 0.0695. The number of aryl methyl sites for hydroxylation is 3. The van der Waals surface area contributed by atoms with Crippen molar-refractivity contribution in [2.45, 2.75) is 33.0 Å². The Bertz CT molecular complexity index is 880. The lowest BCUT2D eigenvalue weighted by atomic mass is 10.1. The average molecular weight is 335 g/mol. The normalized spacial score (nSPS) is 13.7. The van der Waals surface area contributed by atoms with E-state index < -0.39 is 0 Å². The number of benzene rings is 1. The number of hydrogen-bond donors (Lipinski definition) is 0. The number of rotatable bonds is 4. The van der Waals surface area contributed by atoms with E-state index in [1.165, 1.54) is 5.56 Å². The SMILES string of the molecule is Cc1nnc2n1CCN(C(=O)c1cccn1CCc1ccccc1)C2. The van der Waals surface area contributed by atoms with Crippen LogP contribution >= 0.6 is 0 Å². The van der Waals surface area contributed by atoms with Crippen molar-refractivity contribution in [1.82, 2.24) is 24.2 Å². The summed E-state index contributed by atoms with van der Waals surface area (Å²) in [7, 11) is 0. The third-order valence-corrected chi connectivity index (χ3v) is 4.76. The second-order valence-corrected chi connectivity index (χ2v) is 6.36. The van der Waals surface area contributed by atoms with Crippen molar-refractivity contribution in [2.24, 2.45) is 0 Å². The summed E-state index contributed by atoms with van der Waals surface area (Å²) in [5.74, 6) is 1.83. The minimum atomic E-state index is 0.0602. The van der Waals surface area contributed by atoms with E-state index in [2.05, 4.69) is 26.9 Å². The van der Waals surface area contributed by atoms with Gasteiger partial charge < -0.3 is 14.0 Å². The van der Waals surface area contributed by atoms with E-state index in [0.717, 1.165) is 36.9 Å². The summed E-state index contributed by atoms with van der Waals surface area (Å²) < 4.78 is 4.12. The minimum absolute atomic E-state index is 0.0602. The summed E-state index contributed by atoms with van der Waals surface area (Å²) in [5.41, 5.74) is 2.01. The summed E-state index contributed by atoms with van der Waals surface area (Å²) in [6.45, 7) is 4.70. The zero-order chi connectivity index (χ0) is 17.2. The molecular formula is C19H21N5O. The van der Waals surface area contributed by atoms with E-state index in [1.54, 1.807) is 0 Å². The topological polar surface area (TPSA) is 56.0 Å². The molecule has 0 fully saturated rings. The standard InChI is InChI=1S/C19H21N5O/c1-15-20-21-18-14-23(12-13-24(15)18)19(25)17-8-5-10-22(17)11-9-16-6-3-2-4-7-16/h2-8,10H,9,11-14H2,1H3. The molecular weight excluding hydrogens is 314 g/mol. The molecule has 6 heteroatoms. The molecule has 0 N–H and O–H groups in total. The maximum Gasteiger partial charge on any atom is 0.270 e. The molecule has 1 amide bonds. The third kappa shape index (κ3) is 3.07. The lowest BCUT2D eigenvalue weighted by Crippen LogP contribution is -2.39. The van der Waals surface area contributed by atoms with Gasteiger partial charge in [-0.3, -0.25) is 4.79 Å². The van der Waals surface area contributed by atoms with Gasteiger partial charge in [0.2, 0.25) is 0 Å². The molecule has 0 spiro atoms. The molecule has 1 aliphatic rings. The van der Waals surface area contributed by atoms with Crippen LogP contribution in [0.1, 0.15) is 27.7 Å².